The summed E-state index contributed by atoms with van der Waals surface area (Å²) in [5, 5.41) is 13.8. The summed E-state index contributed by atoms with van der Waals surface area (Å²) in [6.45, 7) is 1.47. The normalized spacial score (nSPS) is 11.0. The molecule has 0 saturated carbocycles. The van der Waals surface area contributed by atoms with E-state index in [4.69, 9.17) is 0 Å². The zero-order valence-electron chi connectivity index (χ0n) is 16.8. The summed E-state index contributed by atoms with van der Waals surface area (Å²) in [5.41, 5.74) is 1.37. The monoisotopic (exact) mass is 439 g/mol. The highest BCUT2D eigenvalue weighted by Gasteiger charge is 2.28. The fourth-order valence-electron chi connectivity index (χ4n) is 2.95. The van der Waals surface area contributed by atoms with Gasteiger partial charge < -0.3 is 5.32 Å². The number of nitro groups is 1. The lowest BCUT2D eigenvalue weighted by Gasteiger charge is -2.24. The minimum absolute atomic E-state index is 0.0227. The Labute approximate surface area is 180 Å². The molecule has 3 rings (SSSR count). The van der Waals surface area contributed by atoms with Gasteiger partial charge in [-0.2, -0.15) is 0 Å². The van der Waals surface area contributed by atoms with Crippen molar-refractivity contribution in [2.45, 2.75) is 18.2 Å². The first-order chi connectivity index (χ1) is 14.8. The highest BCUT2D eigenvalue weighted by molar-refractivity contribution is 7.92. The summed E-state index contributed by atoms with van der Waals surface area (Å²) in [6, 6.07) is 20.0. The van der Waals surface area contributed by atoms with Crippen LogP contribution in [0.5, 0.6) is 0 Å². The smallest absolute Gasteiger partial charge is 0.271 e. The molecule has 0 saturated heterocycles. The Morgan fingerprint density at radius 3 is 2.29 bits per heavy atom. The quantitative estimate of drug-likeness (QED) is 0.422. The van der Waals surface area contributed by atoms with E-state index in [0.717, 1.165) is 22.4 Å². The Hall–Kier alpha value is -3.72. The van der Waals surface area contributed by atoms with Crippen molar-refractivity contribution in [3.8, 4) is 0 Å². The third-order valence-electron chi connectivity index (χ3n) is 4.59. The molecule has 0 heterocycles. The molecule has 0 aromatic heterocycles. The fraction of sp³-hybridized carbons (Fsp3) is 0.136. The van der Waals surface area contributed by atoms with Gasteiger partial charge in [0.2, 0.25) is 5.91 Å². The third kappa shape index (κ3) is 5.26. The lowest BCUT2D eigenvalue weighted by molar-refractivity contribution is -0.384. The number of sulfonamides is 1. The van der Waals surface area contributed by atoms with E-state index in [1.54, 1.807) is 30.3 Å². The Morgan fingerprint density at radius 2 is 1.68 bits per heavy atom. The summed E-state index contributed by atoms with van der Waals surface area (Å²) in [6.07, 6.45) is 0.851. The summed E-state index contributed by atoms with van der Waals surface area (Å²) < 4.78 is 27.4. The second-order valence-electron chi connectivity index (χ2n) is 6.70. The molecule has 0 radical (unpaired) electrons. The van der Waals surface area contributed by atoms with E-state index < -0.39 is 27.4 Å². The molecule has 160 valence electrons. The molecular formula is C22H21N3O5S. The molecule has 0 spiro atoms. The number of aryl methyl sites for hydroxylation is 1. The Kier molecular flexibility index (Phi) is 6.66. The van der Waals surface area contributed by atoms with Crippen LogP contribution in [-0.2, 0) is 21.2 Å². The molecular weight excluding hydrogens is 418 g/mol. The number of carbonyl (C=O) groups excluding carboxylic acids is 1. The number of anilines is 2. The predicted molar refractivity (Wildman–Crippen MR) is 119 cm³/mol. The first-order valence-corrected chi connectivity index (χ1v) is 11.0. The van der Waals surface area contributed by atoms with Gasteiger partial charge in [0.1, 0.15) is 6.54 Å². The van der Waals surface area contributed by atoms with Crippen molar-refractivity contribution in [1.29, 1.82) is 0 Å². The number of carbonyl (C=O) groups is 1. The highest BCUT2D eigenvalue weighted by Crippen LogP contribution is 2.27. The summed E-state index contributed by atoms with van der Waals surface area (Å²) in [4.78, 5) is 23.2. The molecule has 0 atom stereocenters. The van der Waals surface area contributed by atoms with Crippen LogP contribution in [0.3, 0.4) is 0 Å². The van der Waals surface area contributed by atoms with E-state index in [9.17, 15) is 23.3 Å². The molecule has 1 N–H and O–H groups in total. The van der Waals surface area contributed by atoms with Crippen LogP contribution in [0.1, 0.15) is 12.5 Å². The van der Waals surface area contributed by atoms with Gasteiger partial charge in [-0.05, 0) is 42.3 Å². The molecule has 3 aromatic carbocycles. The number of nitrogens with one attached hydrogen (secondary N) is 1. The lowest BCUT2D eigenvalue weighted by atomic mass is 10.1. The summed E-state index contributed by atoms with van der Waals surface area (Å²) in [7, 11) is -4.14. The number of hydrogen-bond donors (Lipinski definition) is 1. The third-order valence-corrected chi connectivity index (χ3v) is 6.38. The van der Waals surface area contributed by atoms with Crippen molar-refractivity contribution >= 4 is 33.0 Å². The van der Waals surface area contributed by atoms with Gasteiger partial charge in [0.05, 0.1) is 15.5 Å². The molecule has 3 aromatic rings. The van der Waals surface area contributed by atoms with Gasteiger partial charge in [-0.1, -0.05) is 43.3 Å². The number of rotatable bonds is 8. The van der Waals surface area contributed by atoms with Gasteiger partial charge >= 0.3 is 0 Å². The molecule has 0 aliphatic rings. The number of non-ortho nitro benzene ring substituents is 1. The van der Waals surface area contributed by atoms with Crippen LogP contribution in [0.2, 0.25) is 0 Å². The van der Waals surface area contributed by atoms with Gasteiger partial charge in [-0.3, -0.25) is 19.2 Å². The van der Waals surface area contributed by atoms with Gasteiger partial charge in [-0.25, -0.2) is 8.42 Å². The minimum atomic E-state index is -4.14. The van der Waals surface area contributed by atoms with Gasteiger partial charge in [-0.15, -0.1) is 0 Å². The van der Waals surface area contributed by atoms with Crippen molar-refractivity contribution in [1.82, 2.24) is 0 Å². The SMILES string of the molecule is CCc1ccc(NC(=O)CN(c2cccc([N+](=O)[O-])c2)S(=O)(=O)c2ccccc2)cc1. The van der Waals surface area contributed by atoms with E-state index >= 15 is 0 Å². The van der Waals surface area contributed by atoms with Crippen LogP contribution in [0.25, 0.3) is 0 Å². The van der Waals surface area contributed by atoms with E-state index in [2.05, 4.69) is 5.32 Å². The zero-order chi connectivity index (χ0) is 22.4. The maximum Gasteiger partial charge on any atom is 0.271 e. The van der Waals surface area contributed by atoms with Crippen molar-refractivity contribution in [3.63, 3.8) is 0 Å². The lowest BCUT2D eigenvalue weighted by Crippen LogP contribution is -2.38. The van der Waals surface area contributed by atoms with Gasteiger partial charge in [0, 0.05) is 17.8 Å². The van der Waals surface area contributed by atoms with Crippen LogP contribution in [0.4, 0.5) is 17.1 Å². The predicted octanol–water partition coefficient (Wildman–Crippen LogP) is 3.99. The number of nitro benzene ring substituents is 1. The molecule has 0 aliphatic heterocycles. The number of hydrogen-bond acceptors (Lipinski definition) is 5. The topological polar surface area (TPSA) is 110 Å². The minimum Gasteiger partial charge on any atom is -0.325 e. The molecule has 31 heavy (non-hydrogen) atoms. The highest BCUT2D eigenvalue weighted by atomic mass is 32.2. The van der Waals surface area contributed by atoms with Crippen LogP contribution < -0.4 is 9.62 Å². The van der Waals surface area contributed by atoms with E-state index in [1.165, 1.54) is 30.3 Å². The number of benzene rings is 3. The van der Waals surface area contributed by atoms with E-state index in [1.807, 2.05) is 19.1 Å². The van der Waals surface area contributed by atoms with Crippen LogP contribution in [0, 0.1) is 10.1 Å². The summed E-state index contributed by atoms with van der Waals surface area (Å²) in [5.74, 6) is -0.574. The van der Waals surface area contributed by atoms with Crippen LogP contribution in [-0.4, -0.2) is 25.8 Å². The number of amides is 1. The second kappa shape index (κ2) is 9.40. The van der Waals surface area contributed by atoms with Crippen LogP contribution in [0.15, 0.2) is 83.8 Å². The molecule has 1 amide bonds. The van der Waals surface area contributed by atoms with Crippen molar-refractivity contribution < 1.29 is 18.1 Å². The van der Waals surface area contributed by atoms with Gasteiger partial charge in [0.15, 0.2) is 0 Å². The van der Waals surface area contributed by atoms with E-state index in [0.29, 0.717) is 5.69 Å². The maximum atomic E-state index is 13.3. The van der Waals surface area contributed by atoms with Crippen molar-refractivity contribution in [2.75, 3.05) is 16.2 Å². The first kappa shape index (κ1) is 22.0. The zero-order valence-corrected chi connectivity index (χ0v) is 17.6. The average Bonchev–Trinajstić information content (AvgIpc) is 2.78. The second-order valence-corrected chi connectivity index (χ2v) is 8.56. The van der Waals surface area contributed by atoms with E-state index in [-0.39, 0.29) is 16.3 Å². The van der Waals surface area contributed by atoms with Crippen molar-refractivity contribution in [2.24, 2.45) is 0 Å². The molecule has 0 unspecified atom stereocenters. The average molecular weight is 439 g/mol. The van der Waals surface area contributed by atoms with Crippen LogP contribution >= 0.6 is 0 Å². The van der Waals surface area contributed by atoms with Crippen molar-refractivity contribution in [3.05, 3.63) is 94.5 Å². The first-order valence-electron chi connectivity index (χ1n) is 9.52. The van der Waals surface area contributed by atoms with Gasteiger partial charge in [0.25, 0.3) is 15.7 Å². The fourth-order valence-corrected chi connectivity index (χ4v) is 4.39. The maximum absolute atomic E-state index is 13.3. The standard InChI is InChI=1S/C22H21N3O5S/c1-2-17-11-13-18(14-12-17)23-22(26)16-24(19-7-6-8-20(15-19)25(27)28)31(29,30)21-9-4-3-5-10-21/h3-15H,2,16H2,1H3,(H,23,26). The molecule has 0 bridgehead atoms. The molecule has 0 aliphatic carbocycles. The Morgan fingerprint density at radius 1 is 1.00 bits per heavy atom. The molecule has 0 fully saturated rings. The Bertz CT molecular complexity index is 1180. The summed E-state index contributed by atoms with van der Waals surface area (Å²) >= 11 is 0. The Balaban J connectivity index is 1.94. The molecule has 9 heteroatoms. The largest absolute Gasteiger partial charge is 0.325 e. The number of nitrogens with zero attached hydrogens (tertiary/aromatic N) is 2. The molecule has 8 nitrogen and oxygen atoms in total.